The molecular weight excluding hydrogens is 126 g/mol. The highest BCUT2D eigenvalue weighted by Crippen LogP contribution is 2.05. The van der Waals surface area contributed by atoms with Gasteiger partial charge in [0, 0.05) is 12.7 Å². The monoisotopic (exact) mass is 135 g/mol. The minimum Gasteiger partial charge on any atom is -0.312 e. The first-order valence-electron chi connectivity index (χ1n) is 3.06. The topological polar surface area (TPSA) is 22.2 Å². The predicted octanol–water partition coefficient (Wildman–Crippen LogP) is 1.15. The molecule has 0 N–H and O–H groups in total. The maximum absolute atomic E-state index is 6.63. The van der Waals surface area contributed by atoms with E-state index in [1.165, 1.54) is 0 Å². The van der Waals surface area contributed by atoms with Gasteiger partial charge in [-0.25, -0.2) is 6.57 Å². The minimum absolute atomic E-state index is 0.444. The third-order valence-electron chi connectivity index (χ3n) is 1.59. The average molecular weight is 135 g/mol. The molecule has 0 radical (unpaired) electrons. The first-order chi connectivity index (χ1) is 4.75. The molecule has 0 aliphatic heterocycles. The van der Waals surface area contributed by atoms with Gasteiger partial charge in [0.25, 0.3) is 0 Å². The van der Waals surface area contributed by atoms with Crippen molar-refractivity contribution in [2.45, 2.75) is 13.5 Å². The van der Waals surface area contributed by atoms with E-state index in [-0.39, 0.29) is 0 Å². The zero-order valence-corrected chi connectivity index (χ0v) is 6.13. The molecule has 10 heavy (non-hydrogen) atoms. The summed E-state index contributed by atoms with van der Waals surface area (Å²) in [6.45, 7) is 9.04. The van der Waals surface area contributed by atoms with Crippen LogP contribution in [0.5, 0.6) is 0 Å². The second-order valence-electron chi connectivity index (χ2n) is 2.20. The summed E-state index contributed by atoms with van der Waals surface area (Å²) in [5, 5.41) is 4.01. The summed E-state index contributed by atoms with van der Waals surface area (Å²) in [6.07, 6.45) is 1.74. The highest BCUT2D eigenvalue weighted by molar-refractivity contribution is 5.16. The summed E-state index contributed by atoms with van der Waals surface area (Å²) in [5.74, 6) is 0. The molecule has 1 rings (SSSR count). The quantitative estimate of drug-likeness (QED) is 0.529. The molecule has 0 spiro atoms. The van der Waals surface area contributed by atoms with Crippen LogP contribution in [0.4, 0.5) is 0 Å². The van der Waals surface area contributed by atoms with Gasteiger partial charge in [-0.3, -0.25) is 4.68 Å². The highest BCUT2D eigenvalue weighted by atomic mass is 15.3. The van der Waals surface area contributed by atoms with Gasteiger partial charge < -0.3 is 4.85 Å². The Morgan fingerprint density at radius 2 is 2.50 bits per heavy atom. The van der Waals surface area contributed by atoms with Gasteiger partial charge >= 0.3 is 0 Å². The fourth-order valence-corrected chi connectivity index (χ4v) is 0.785. The predicted molar refractivity (Wildman–Crippen MR) is 38.3 cm³/mol. The van der Waals surface area contributed by atoms with Crippen molar-refractivity contribution in [2.24, 2.45) is 7.05 Å². The summed E-state index contributed by atoms with van der Waals surface area (Å²) in [6, 6.07) is 0. The molecule has 52 valence electrons. The molecule has 0 aliphatic rings. The fraction of sp³-hybridized carbons (Fsp3) is 0.429. The van der Waals surface area contributed by atoms with E-state index in [4.69, 9.17) is 6.57 Å². The van der Waals surface area contributed by atoms with Crippen LogP contribution in [0.3, 0.4) is 0 Å². The summed E-state index contributed by atoms with van der Waals surface area (Å²) in [5.41, 5.74) is 2.11. The number of aromatic nitrogens is 2. The van der Waals surface area contributed by atoms with Crippen molar-refractivity contribution in [3.63, 3.8) is 0 Å². The van der Waals surface area contributed by atoms with Crippen LogP contribution in [0, 0.1) is 13.5 Å². The van der Waals surface area contributed by atoms with Crippen molar-refractivity contribution in [1.29, 1.82) is 0 Å². The Morgan fingerprint density at radius 3 is 2.90 bits per heavy atom. The average Bonchev–Trinajstić information content (AvgIpc) is 2.20. The molecule has 0 bridgehead atoms. The normalized spacial score (nSPS) is 9.30. The second kappa shape index (κ2) is 2.53. The molecule has 3 heteroatoms. The Hall–Kier alpha value is -1.30. The van der Waals surface area contributed by atoms with E-state index in [1.54, 1.807) is 10.9 Å². The molecule has 1 aromatic rings. The highest BCUT2D eigenvalue weighted by Gasteiger charge is 2.03. The molecular formula is C7H9N3. The number of hydrogen-bond acceptors (Lipinski definition) is 1. The molecule has 0 fully saturated rings. The lowest BCUT2D eigenvalue weighted by molar-refractivity contribution is 0.738. The van der Waals surface area contributed by atoms with Crippen LogP contribution in [-0.4, -0.2) is 9.78 Å². The number of nitrogens with zero attached hydrogens (tertiary/aromatic N) is 3. The first kappa shape index (κ1) is 6.81. The molecule has 0 unspecified atom stereocenters. The maximum Gasteiger partial charge on any atom is 0.243 e. The van der Waals surface area contributed by atoms with E-state index >= 15 is 0 Å². The van der Waals surface area contributed by atoms with Gasteiger partial charge in [-0.1, -0.05) is 0 Å². The van der Waals surface area contributed by atoms with Crippen LogP contribution in [0.1, 0.15) is 11.3 Å². The smallest absolute Gasteiger partial charge is 0.243 e. The van der Waals surface area contributed by atoms with Gasteiger partial charge in [0.15, 0.2) is 0 Å². The Balaban J connectivity index is 2.96. The zero-order valence-electron chi connectivity index (χ0n) is 6.13. The lowest BCUT2D eigenvalue weighted by Crippen LogP contribution is -1.93. The molecule has 0 amide bonds. The van der Waals surface area contributed by atoms with Crippen LogP contribution < -0.4 is 0 Å². The van der Waals surface area contributed by atoms with Crippen molar-refractivity contribution in [3.05, 3.63) is 28.9 Å². The van der Waals surface area contributed by atoms with Gasteiger partial charge in [-0.05, 0) is 6.92 Å². The lowest BCUT2D eigenvalue weighted by atomic mass is 10.3. The summed E-state index contributed by atoms with van der Waals surface area (Å²) in [4.78, 5) is 3.28. The summed E-state index contributed by atoms with van der Waals surface area (Å²) >= 11 is 0. The largest absolute Gasteiger partial charge is 0.312 e. The number of aryl methyl sites for hydroxylation is 1. The maximum atomic E-state index is 6.63. The molecule has 0 atom stereocenters. The van der Waals surface area contributed by atoms with Crippen molar-refractivity contribution in [3.8, 4) is 0 Å². The van der Waals surface area contributed by atoms with Crippen molar-refractivity contribution < 1.29 is 0 Å². The van der Waals surface area contributed by atoms with Crippen LogP contribution in [0.15, 0.2) is 6.20 Å². The third-order valence-corrected chi connectivity index (χ3v) is 1.59. The van der Waals surface area contributed by atoms with E-state index in [0.29, 0.717) is 6.54 Å². The second-order valence-corrected chi connectivity index (χ2v) is 2.20. The van der Waals surface area contributed by atoms with Crippen LogP contribution >= 0.6 is 0 Å². The van der Waals surface area contributed by atoms with E-state index in [2.05, 4.69) is 9.94 Å². The Morgan fingerprint density at radius 1 is 1.80 bits per heavy atom. The van der Waals surface area contributed by atoms with Crippen LogP contribution in [0.2, 0.25) is 0 Å². The zero-order chi connectivity index (χ0) is 7.56. The standard InChI is InChI=1S/C7H9N3/c1-6-7(4-8-2)5-9-10(6)3/h5H,4H2,1,3H3. The Kier molecular flexibility index (Phi) is 1.72. The van der Waals surface area contributed by atoms with Gasteiger partial charge in [-0.15, -0.1) is 0 Å². The number of hydrogen-bond donors (Lipinski definition) is 0. The first-order valence-corrected chi connectivity index (χ1v) is 3.06. The van der Waals surface area contributed by atoms with E-state index in [9.17, 15) is 0 Å². The van der Waals surface area contributed by atoms with Crippen LogP contribution in [-0.2, 0) is 13.6 Å². The van der Waals surface area contributed by atoms with Gasteiger partial charge in [0.2, 0.25) is 6.54 Å². The Labute approximate surface area is 60.1 Å². The molecule has 1 aromatic heterocycles. The summed E-state index contributed by atoms with van der Waals surface area (Å²) < 4.78 is 1.78. The van der Waals surface area contributed by atoms with Crippen LogP contribution in [0.25, 0.3) is 4.85 Å². The third kappa shape index (κ3) is 1.01. The van der Waals surface area contributed by atoms with Gasteiger partial charge in [0.05, 0.1) is 11.8 Å². The van der Waals surface area contributed by atoms with Crippen molar-refractivity contribution in [1.82, 2.24) is 9.78 Å². The van der Waals surface area contributed by atoms with Gasteiger partial charge in [-0.2, -0.15) is 5.10 Å². The molecule has 0 aliphatic carbocycles. The van der Waals surface area contributed by atoms with E-state index < -0.39 is 0 Å². The van der Waals surface area contributed by atoms with Gasteiger partial charge in [0.1, 0.15) is 0 Å². The van der Waals surface area contributed by atoms with Crippen molar-refractivity contribution >= 4 is 0 Å². The van der Waals surface area contributed by atoms with E-state index in [1.807, 2.05) is 14.0 Å². The lowest BCUT2D eigenvalue weighted by Gasteiger charge is -1.91. The van der Waals surface area contributed by atoms with Crippen molar-refractivity contribution in [2.75, 3.05) is 0 Å². The summed E-state index contributed by atoms with van der Waals surface area (Å²) in [7, 11) is 1.88. The molecule has 3 nitrogen and oxygen atoms in total. The SMILES string of the molecule is [C-]#[N+]Cc1cnn(C)c1C. The Bertz CT molecular complexity index is 267. The molecule has 0 saturated carbocycles. The fourth-order valence-electron chi connectivity index (χ4n) is 0.785. The molecule has 0 saturated heterocycles. The molecule has 1 heterocycles. The minimum atomic E-state index is 0.444. The van der Waals surface area contributed by atoms with E-state index in [0.717, 1.165) is 11.3 Å². The molecule has 0 aromatic carbocycles. The number of rotatable bonds is 1.